The van der Waals surface area contributed by atoms with Gasteiger partial charge in [-0.2, -0.15) is 0 Å². The smallest absolute Gasteiger partial charge is 0.242 e. The van der Waals surface area contributed by atoms with Gasteiger partial charge in [-0.15, -0.1) is 0 Å². The van der Waals surface area contributed by atoms with Gasteiger partial charge in [-0.1, -0.05) is 23.2 Å². The fraction of sp³-hybridized carbons (Fsp3) is 0.321. The third-order valence-corrected chi connectivity index (χ3v) is 7.71. The van der Waals surface area contributed by atoms with Crippen molar-refractivity contribution in [3.05, 3.63) is 81.3 Å². The molecular formula is C28H28Cl2N2O4. The van der Waals surface area contributed by atoms with Crippen molar-refractivity contribution < 1.29 is 19.0 Å². The molecule has 0 N–H and O–H groups in total. The number of benzene rings is 3. The first-order chi connectivity index (χ1) is 17.4. The van der Waals surface area contributed by atoms with Gasteiger partial charge in [0, 0.05) is 46.1 Å². The van der Waals surface area contributed by atoms with Crippen LogP contribution in [0.2, 0.25) is 10.0 Å². The zero-order chi connectivity index (χ0) is 25.4. The maximum atomic E-state index is 14.3. The lowest BCUT2D eigenvalue weighted by atomic mass is 9.77. The molecule has 2 heterocycles. The number of fused-ring (bicyclic) bond motifs is 1. The van der Waals surface area contributed by atoms with Gasteiger partial charge in [0.1, 0.15) is 16.9 Å². The van der Waals surface area contributed by atoms with E-state index in [4.69, 9.17) is 37.4 Å². The molecule has 0 radical (unpaired) electrons. The molecule has 0 spiro atoms. The molecule has 3 aromatic carbocycles. The van der Waals surface area contributed by atoms with Gasteiger partial charge in [0.05, 0.1) is 34.0 Å². The summed E-state index contributed by atoms with van der Waals surface area (Å²) in [4.78, 5) is 18.3. The summed E-state index contributed by atoms with van der Waals surface area (Å²) in [6.07, 6.45) is 0. The molecule has 3 aromatic rings. The normalized spacial score (nSPS) is 19.4. The van der Waals surface area contributed by atoms with E-state index >= 15 is 0 Å². The fourth-order valence-electron chi connectivity index (χ4n) is 5.12. The van der Waals surface area contributed by atoms with Crippen molar-refractivity contribution in [2.24, 2.45) is 0 Å². The van der Waals surface area contributed by atoms with Crippen LogP contribution in [0.15, 0.2) is 54.6 Å². The lowest BCUT2D eigenvalue weighted by molar-refractivity contribution is -0.121. The summed E-state index contributed by atoms with van der Waals surface area (Å²) in [5.41, 5.74) is 3.26. The predicted octanol–water partition coefficient (Wildman–Crippen LogP) is 5.70. The zero-order valence-electron chi connectivity index (χ0n) is 20.5. The molecule has 6 nitrogen and oxygen atoms in total. The van der Waals surface area contributed by atoms with Crippen LogP contribution in [0.25, 0.3) is 0 Å². The quantitative estimate of drug-likeness (QED) is 0.412. The van der Waals surface area contributed by atoms with Crippen molar-refractivity contribution in [1.29, 1.82) is 0 Å². The summed E-state index contributed by atoms with van der Waals surface area (Å²) in [5.74, 6) is 1.27. The van der Waals surface area contributed by atoms with Crippen LogP contribution in [-0.4, -0.2) is 46.4 Å². The van der Waals surface area contributed by atoms with Gasteiger partial charge >= 0.3 is 0 Å². The van der Waals surface area contributed by atoms with E-state index in [0.29, 0.717) is 41.3 Å². The summed E-state index contributed by atoms with van der Waals surface area (Å²) >= 11 is 13.2. The van der Waals surface area contributed by atoms with Crippen molar-refractivity contribution >= 4 is 40.5 Å². The van der Waals surface area contributed by atoms with E-state index in [1.165, 1.54) is 0 Å². The minimum absolute atomic E-state index is 0.0707. The molecule has 0 bridgehead atoms. The van der Waals surface area contributed by atoms with E-state index in [0.717, 1.165) is 41.2 Å². The monoisotopic (exact) mass is 526 g/mol. The van der Waals surface area contributed by atoms with Crippen LogP contribution in [0.1, 0.15) is 23.6 Å². The Balaban J connectivity index is 1.60. The minimum atomic E-state index is -1.01. The molecule has 1 fully saturated rings. The third kappa shape index (κ3) is 4.17. The van der Waals surface area contributed by atoms with E-state index in [-0.39, 0.29) is 5.91 Å². The summed E-state index contributed by atoms with van der Waals surface area (Å²) in [5, 5.41) is 1.11. The van der Waals surface area contributed by atoms with E-state index in [2.05, 4.69) is 4.90 Å². The lowest BCUT2D eigenvalue weighted by Gasteiger charge is -2.31. The minimum Gasteiger partial charge on any atom is -0.497 e. The van der Waals surface area contributed by atoms with Crippen molar-refractivity contribution in [2.45, 2.75) is 18.9 Å². The van der Waals surface area contributed by atoms with Crippen LogP contribution >= 0.6 is 23.2 Å². The number of hydrogen-bond donors (Lipinski definition) is 0. The largest absolute Gasteiger partial charge is 0.497 e. The van der Waals surface area contributed by atoms with Gasteiger partial charge in [0.25, 0.3) is 0 Å². The molecule has 1 amide bonds. The van der Waals surface area contributed by atoms with Crippen LogP contribution in [0.3, 0.4) is 0 Å². The van der Waals surface area contributed by atoms with E-state index in [9.17, 15) is 4.79 Å². The van der Waals surface area contributed by atoms with Gasteiger partial charge in [-0.25, -0.2) is 0 Å². The molecule has 1 unspecified atom stereocenters. The molecule has 2 aliphatic rings. The molecule has 188 valence electrons. The Morgan fingerprint density at radius 1 is 0.944 bits per heavy atom. The number of ether oxygens (including phenoxy) is 3. The van der Waals surface area contributed by atoms with Gasteiger partial charge < -0.3 is 24.0 Å². The number of rotatable bonds is 6. The molecule has 0 aromatic heterocycles. The average molecular weight is 527 g/mol. The number of nitrogens with zero attached hydrogens (tertiary/aromatic N) is 2. The van der Waals surface area contributed by atoms with Crippen molar-refractivity contribution in [2.75, 3.05) is 50.3 Å². The molecular weight excluding hydrogens is 499 g/mol. The first-order valence-corrected chi connectivity index (χ1v) is 12.6. The van der Waals surface area contributed by atoms with Gasteiger partial charge in [-0.05, 0) is 66.6 Å². The molecule has 36 heavy (non-hydrogen) atoms. The van der Waals surface area contributed by atoms with Crippen LogP contribution in [0.5, 0.6) is 11.5 Å². The Kier molecular flexibility index (Phi) is 6.77. The Morgan fingerprint density at radius 3 is 2.44 bits per heavy atom. The molecule has 2 aliphatic heterocycles. The number of carbonyl (C=O) groups is 1. The maximum Gasteiger partial charge on any atom is 0.242 e. The second-order valence-corrected chi connectivity index (χ2v) is 9.96. The first-order valence-electron chi connectivity index (χ1n) is 11.8. The molecule has 1 saturated heterocycles. The number of morpholine rings is 1. The number of halogens is 2. The van der Waals surface area contributed by atoms with Crippen molar-refractivity contribution in [1.82, 2.24) is 0 Å². The number of anilines is 2. The molecule has 0 saturated carbocycles. The molecule has 0 aliphatic carbocycles. The third-order valence-electron chi connectivity index (χ3n) is 7.15. The number of carbonyl (C=O) groups excluding carboxylic acids is 1. The number of methoxy groups -OCH3 is 2. The number of hydrogen-bond acceptors (Lipinski definition) is 5. The maximum absolute atomic E-state index is 14.3. The highest BCUT2D eigenvalue weighted by Gasteiger charge is 2.50. The topological polar surface area (TPSA) is 51.2 Å². The van der Waals surface area contributed by atoms with Gasteiger partial charge in [-0.3, -0.25) is 4.79 Å². The lowest BCUT2D eigenvalue weighted by Crippen LogP contribution is -2.40. The van der Waals surface area contributed by atoms with Crippen LogP contribution < -0.4 is 19.3 Å². The Bertz CT molecular complexity index is 1310. The first kappa shape index (κ1) is 24.8. The van der Waals surface area contributed by atoms with E-state index in [1.807, 2.05) is 61.5 Å². The Morgan fingerprint density at radius 2 is 1.72 bits per heavy atom. The summed E-state index contributed by atoms with van der Waals surface area (Å²) < 4.78 is 16.5. The summed E-state index contributed by atoms with van der Waals surface area (Å²) in [6, 6.07) is 17.1. The SMILES string of the molecule is COc1ccc(CN2C(=O)C(C)(c3cc(N4CCOCC4)ccc3Cl)c3cc(Cl)ccc32)c(OC)c1. The van der Waals surface area contributed by atoms with Crippen LogP contribution in [0.4, 0.5) is 11.4 Å². The molecule has 1 atom stereocenters. The van der Waals surface area contributed by atoms with Gasteiger partial charge in [0.15, 0.2) is 0 Å². The molecule has 5 rings (SSSR count). The highest BCUT2D eigenvalue weighted by molar-refractivity contribution is 6.33. The fourth-order valence-corrected chi connectivity index (χ4v) is 5.60. The van der Waals surface area contributed by atoms with Gasteiger partial charge in [0.2, 0.25) is 5.91 Å². The second kappa shape index (κ2) is 9.85. The number of amides is 1. The van der Waals surface area contributed by atoms with E-state index in [1.54, 1.807) is 19.1 Å². The van der Waals surface area contributed by atoms with Crippen LogP contribution in [-0.2, 0) is 21.5 Å². The average Bonchev–Trinajstić information content (AvgIpc) is 3.11. The van der Waals surface area contributed by atoms with Crippen molar-refractivity contribution in [3.8, 4) is 11.5 Å². The second-order valence-electron chi connectivity index (χ2n) is 9.12. The highest BCUT2D eigenvalue weighted by atomic mass is 35.5. The van der Waals surface area contributed by atoms with Crippen LogP contribution in [0, 0.1) is 0 Å². The standard InChI is InChI=1S/C28H28Cl2N2O4/c1-28(22-15-20(6-8-24(22)30)31-10-12-36-13-11-31)23-14-19(29)5-9-25(23)32(27(28)33)17-18-4-7-21(34-2)16-26(18)35-3/h4-9,14-16H,10-13,17H2,1-3H3. The van der Waals surface area contributed by atoms with Crippen molar-refractivity contribution in [3.63, 3.8) is 0 Å². The Labute approximate surface area is 221 Å². The summed E-state index contributed by atoms with van der Waals surface area (Å²) in [6.45, 7) is 5.18. The summed E-state index contributed by atoms with van der Waals surface area (Å²) in [7, 11) is 3.22. The predicted molar refractivity (Wildman–Crippen MR) is 143 cm³/mol. The zero-order valence-corrected chi connectivity index (χ0v) is 22.0. The van der Waals surface area contributed by atoms with E-state index < -0.39 is 5.41 Å². The Hall–Kier alpha value is -2.93. The molecule has 8 heteroatoms. The highest BCUT2D eigenvalue weighted by Crippen LogP contribution is 2.50.